The molecule has 29 heavy (non-hydrogen) atoms. The summed E-state index contributed by atoms with van der Waals surface area (Å²) in [6, 6.07) is 11.0. The molecule has 0 spiro atoms. The van der Waals surface area contributed by atoms with Gasteiger partial charge in [0.25, 0.3) is 11.8 Å². The van der Waals surface area contributed by atoms with Crippen molar-refractivity contribution in [3.8, 4) is 5.75 Å². The van der Waals surface area contributed by atoms with E-state index in [1.54, 1.807) is 18.2 Å². The number of ether oxygens (including phenoxy) is 1. The number of rotatable bonds is 4. The number of para-hydroxylation sites is 1. The quantitative estimate of drug-likeness (QED) is 0.701. The number of anilines is 1. The first kappa shape index (κ1) is 19.5. The number of nitrogens with zero attached hydrogens (tertiary/aromatic N) is 2. The van der Waals surface area contributed by atoms with Crippen molar-refractivity contribution in [1.82, 2.24) is 4.90 Å². The van der Waals surface area contributed by atoms with Crippen LogP contribution in [0.5, 0.6) is 5.75 Å². The van der Waals surface area contributed by atoms with Crippen LogP contribution in [0.1, 0.15) is 24.8 Å². The summed E-state index contributed by atoms with van der Waals surface area (Å²) >= 11 is 5.91. The normalized spacial score (nSPS) is 17.3. The third-order valence-corrected chi connectivity index (χ3v) is 5.56. The zero-order chi connectivity index (χ0) is 20.5. The third-order valence-electron chi connectivity index (χ3n) is 5.27. The Labute approximate surface area is 173 Å². The minimum absolute atomic E-state index is 0.145. The van der Waals surface area contributed by atoms with Crippen molar-refractivity contribution in [1.29, 1.82) is 0 Å². The number of amides is 2. The van der Waals surface area contributed by atoms with Crippen molar-refractivity contribution < 1.29 is 18.7 Å². The van der Waals surface area contributed by atoms with Crippen LogP contribution in [0.3, 0.4) is 0 Å². The third kappa shape index (κ3) is 3.38. The molecule has 2 aromatic rings. The number of piperidine rings is 1. The van der Waals surface area contributed by atoms with Crippen LogP contribution in [0.25, 0.3) is 5.57 Å². The molecule has 4 rings (SSSR count). The largest absolute Gasteiger partial charge is 0.496 e. The van der Waals surface area contributed by atoms with Gasteiger partial charge in [-0.2, -0.15) is 0 Å². The maximum absolute atomic E-state index is 13.6. The molecular weight excluding hydrogens is 395 g/mol. The Morgan fingerprint density at radius 1 is 1.00 bits per heavy atom. The van der Waals surface area contributed by atoms with E-state index in [1.807, 2.05) is 11.0 Å². The summed E-state index contributed by atoms with van der Waals surface area (Å²) in [4.78, 5) is 29.9. The van der Waals surface area contributed by atoms with Gasteiger partial charge in [0.15, 0.2) is 0 Å². The summed E-state index contributed by atoms with van der Waals surface area (Å²) in [7, 11) is 1.53. The number of hydrogen-bond donors (Lipinski definition) is 0. The van der Waals surface area contributed by atoms with E-state index >= 15 is 0 Å². The smallest absolute Gasteiger partial charge is 0.282 e. The van der Waals surface area contributed by atoms with Gasteiger partial charge in [0.1, 0.15) is 17.3 Å². The summed E-state index contributed by atoms with van der Waals surface area (Å²) in [6.45, 7) is 1.40. The van der Waals surface area contributed by atoms with E-state index in [0.717, 1.165) is 30.2 Å². The molecule has 0 radical (unpaired) electrons. The number of imide groups is 1. The van der Waals surface area contributed by atoms with Crippen molar-refractivity contribution >= 4 is 34.7 Å². The first-order valence-corrected chi connectivity index (χ1v) is 9.87. The summed E-state index contributed by atoms with van der Waals surface area (Å²) in [6.07, 6.45) is 2.99. The van der Waals surface area contributed by atoms with Gasteiger partial charge in [-0.25, -0.2) is 9.29 Å². The highest BCUT2D eigenvalue weighted by molar-refractivity contribution is 6.46. The Kier molecular flexibility index (Phi) is 5.28. The molecule has 0 saturated carbocycles. The van der Waals surface area contributed by atoms with Gasteiger partial charge in [-0.1, -0.05) is 29.8 Å². The summed E-state index contributed by atoms with van der Waals surface area (Å²) in [5.74, 6) is -0.996. The predicted octanol–water partition coefficient (Wildman–Crippen LogP) is 4.26. The van der Waals surface area contributed by atoms with Gasteiger partial charge in [-0.15, -0.1) is 0 Å². The van der Waals surface area contributed by atoms with E-state index in [1.165, 1.54) is 19.2 Å². The van der Waals surface area contributed by atoms with Gasteiger partial charge in [-0.05, 0) is 43.5 Å². The number of halogens is 2. The van der Waals surface area contributed by atoms with E-state index in [9.17, 15) is 14.0 Å². The van der Waals surface area contributed by atoms with Crippen LogP contribution in [-0.2, 0) is 9.59 Å². The molecule has 0 N–H and O–H groups in total. The van der Waals surface area contributed by atoms with E-state index < -0.39 is 17.6 Å². The topological polar surface area (TPSA) is 49.9 Å². The Bertz CT molecular complexity index is 1010. The highest BCUT2D eigenvalue weighted by atomic mass is 35.5. The molecule has 0 aliphatic carbocycles. The Hall–Kier alpha value is -2.86. The zero-order valence-electron chi connectivity index (χ0n) is 16.0. The maximum Gasteiger partial charge on any atom is 0.282 e. The van der Waals surface area contributed by atoms with Crippen molar-refractivity contribution in [3.63, 3.8) is 0 Å². The van der Waals surface area contributed by atoms with Gasteiger partial charge < -0.3 is 9.64 Å². The summed E-state index contributed by atoms with van der Waals surface area (Å²) < 4.78 is 19.1. The lowest BCUT2D eigenvalue weighted by molar-refractivity contribution is -0.120. The Balaban J connectivity index is 1.87. The molecule has 2 aliphatic heterocycles. The van der Waals surface area contributed by atoms with Crippen LogP contribution in [0, 0.1) is 5.82 Å². The molecule has 1 fully saturated rings. The van der Waals surface area contributed by atoms with E-state index in [4.69, 9.17) is 16.3 Å². The molecule has 0 bridgehead atoms. The molecule has 2 amide bonds. The SMILES string of the molecule is COc1ccccc1C1=C(N2CCCCC2)C(=O)N(c2ccc(F)c(Cl)c2)C1=O. The number of benzene rings is 2. The van der Waals surface area contributed by atoms with Crippen LogP contribution in [0.2, 0.25) is 5.02 Å². The number of likely N-dealkylation sites (tertiary alicyclic amines) is 1. The van der Waals surface area contributed by atoms with Gasteiger partial charge >= 0.3 is 0 Å². The number of methoxy groups -OCH3 is 1. The lowest BCUT2D eigenvalue weighted by Crippen LogP contribution is -2.37. The van der Waals surface area contributed by atoms with Crippen molar-refractivity contribution in [2.24, 2.45) is 0 Å². The van der Waals surface area contributed by atoms with Crippen molar-refractivity contribution in [2.45, 2.75) is 19.3 Å². The van der Waals surface area contributed by atoms with Gasteiger partial charge in [0, 0.05) is 18.7 Å². The van der Waals surface area contributed by atoms with E-state index in [2.05, 4.69) is 0 Å². The molecular formula is C22H20ClFN2O3. The lowest BCUT2D eigenvalue weighted by atomic mass is 10.0. The highest BCUT2D eigenvalue weighted by Crippen LogP contribution is 2.39. The number of carbonyl (C=O) groups is 2. The lowest BCUT2D eigenvalue weighted by Gasteiger charge is -2.29. The molecule has 0 aromatic heterocycles. The fourth-order valence-corrected chi connectivity index (χ4v) is 4.06. The average molecular weight is 415 g/mol. The average Bonchev–Trinajstić information content (AvgIpc) is 3.00. The van der Waals surface area contributed by atoms with Crippen molar-refractivity contribution in [3.05, 3.63) is 64.6 Å². The monoisotopic (exact) mass is 414 g/mol. The van der Waals surface area contributed by atoms with Crippen molar-refractivity contribution in [2.75, 3.05) is 25.1 Å². The molecule has 1 saturated heterocycles. The molecule has 0 atom stereocenters. The molecule has 2 aromatic carbocycles. The fraction of sp³-hybridized carbons (Fsp3) is 0.273. The molecule has 7 heteroatoms. The molecule has 0 unspecified atom stereocenters. The highest BCUT2D eigenvalue weighted by Gasteiger charge is 2.43. The molecule has 2 heterocycles. The standard InChI is InChI=1S/C22H20ClFN2O3/c1-29-18-8-4-3-7-15(18)19-20(25-11-5-2-6-12-25)22(28)26(21(19)27)14-9-10-17(24)16(23)13-14/h3-4,7-10,13H,2,5-6,11-12H2,1H3. The number of hydrogen-bond acceptors (Lipinski definition) is 4. The van der Waals surface area contributed by atoms with E-state index in [0.29, 0.717) is 35.7 Å². The van der Waals surface area contributed by atoms with Crippen LogP contribution < -0.4 is 9.64 Å². The van der Waals surface area contributed by atoms with Gasteiger partial charge in [0.05, 0.1) is 23.4 Å². The summed E-state index contributed by atoms with van der Waals surface area (Å²) in [5.41, 5.74) is 1.46. The summed E-state index contributed by atoms with van der Waals surface area (Å²) in [5, 5.41) is -0.145. The van der Waals surface area contributed by atoms with Gasteiger partial charge in [0.2, 0.25) is 0 Å². The number of carbonyl (C=O) groups excluding carboxylic acids is 2. The Morgan fingerprint density at radius 2 is 1.72 bits per heavy atom. The first-order valence-electron chi connectivity index (χ1n) is 9.49. The fourth-order valence-electron chi connectivity index (χ4n) is 3.88. The van der Waals surface area contributed by atoms with Crippen LogP contribution in [0.15, 0.2) is 48.2 Å². The van der Waals surface area contributed by atoms with E-state index in [-0.39, 0.29) is 10.7 Å². The maximum atomic E-state index is 13.6. The molecule has 2 aliphatic rings. The molecule has 5 nitrogen and oxygen atoms in total. The van der Waals surface area contributed by atoms with Crippen LogP contribution in [-0.4, -0.2) is 36.9 Å². The molecule has 150 valence electrons. The second-order valence-corrected chi connectivity index (χ2v) is 7.42. The predicted molar refractivity (Wildman–Crippen MR) is 109 cm³/mol. The zero-order valence-corrected chi connectivity index (χ0v) is 16.7. The van der Waals surface area contributed by atoms with Crippen LogP contribution in [0.4, 0.5) is 10.1 Å². The minimum atomic E-state index is -0.608. The second-order valence-electron chi connectivity index (χ2n) is 7.02. The van der Waals surface area contributed by atoms with Crippen LogP contribution >= 0.6 is 11.6 Å². The minimum Gasteiger partial charge on any atom is -0.496 e. The van der Waals surface area contributed by atoms with Gasteiger partial charge in [-0.3, -0.25) is 9.59 Å². The Morgan fingerprint density at radius 3 is 2.41 bits per heavy atom. The second kappa shape index (κ2) is 7.87. The first-order chi connectivity index (χ1) is 14.0.